The van der Waals surface area contributed by atoms with Crippen molar-refractivity contribution in [2.75, 3.05) is 13.1 Å². The monoisotopic (exact) mass is 214 g/mol. The summed E-state index contributed by atoms with van der Waals surface area (Å²) in [7, 11) is -5.14. The lowest BCUT2D eigenvalue weighted by molar-refractivity contribution is 0.322. The van der Waals surface area contributed by atoms with Gasteiger partial charge in [0.05, 0.1) is 0 Å². The van der Waals surface area contributed by atoms with E-state index in [-0.39, 0.29) is 0 Å². The zero-order valence-electron chi connectivity index (χ0n) is 7.27. The molecule has 0 aromatic carbocycles. The first-order valence-electron chi connectivity index (χ1n) is 3.20. The number of rotatable bonds is 2. The fraction of sp³-hybridized carbons (Fsp3) is 0.333. The minimum absolute atomic E-state index is 0.583. The first-order valence-corrected chi connectivity index (χ1v) is 4.70. The summed E-state index contributed by atoms with van der Waals surface area (Å²) in [6.45, 7) is 7.87. The molecule has 0 saturated carbocycles. The third kappa shape index (κ3) is 471. The van der Waals surface area contributed by atoms with Crippen LogP contribution in [0.2, 0.25) is 0 Å². The van der Waals surface area contributed by atoms with Crippen LogP contribution in [0, 0.1) is 0 Å². The predicted molar refractivity (Wildman–Crippen MR) is 51.7 cm³/mol. The van der Waals surface area contributed by atoms with Crippen molar-refractivity contribution in [2.24, 2.45) is 11.5 Å². The molecule has 0 bridgehead atoms. The average molecular weight is 214 g/mol. The van der Waals surface area contributed by atoms with Crippen molar-refractivity contribution < 1.29 is 18.5 Å². The van der Waals surface area contributed by atoms with E-state index in [9.17, 15) is 4.20 Å². The zero-order chi connectivity index (χ0) is 11.3. The number of halogens is 1. The van der Waals surface area contributed by atoms with Gasteiger partial charge >= 0.3 is 7.91 Å². The van der Waals surface area contributed by atoms with Crippen LogP contribution in [0.3, 0.4) is 0 Å². The summed E-state index contributed by atoms with van der Waals surface area (Å²) < 4.78 is 19.0. The summed E-state index contributed by atoms with van der Waals surface area (Å²) in [6, 6.07) is 0. The molecule has 0 aliphatic rings. The van der Waals surface area contributed by atoms with Crippen LogP contribution < -0.4 is 11.5 Å². The van der Waals surface area contributed by atoms with Crippen LogP contribution in [0.25, 0.3) is 0 Å². The Labute approximate surface area is 77.2 Å². The molecule has 0 atom stereocenters. The maximum atomic E-state index is 10.4. The molecule has 0 saturated heterocycles. The first-order chi connectivity index (χ1) is 5.83. The smallest absolute Gasteiger partial charge is 0.327 e. The average Bonchev–Trinajstić information content (AvgIpc) is 2.01. The summed E-state index contributed by atoms with van der Waals surface area (Å²) in [5.41, 5.74) is 9.82. The SMILES string of the molecule is C=CCN.C=CCN.O=P(O)(O)F. The third-order valence-electron chi connectivity index (χ3n) is 0.333. The Kier molecular flexibility index (Phi) is 19.8. The lowest BCUT2D eigenvalue weighted by atomic mass is 10.7. The summed E-state index contributed by atoms with van der Waals surface area (Å²) >= 11 is 0. The lowest BCUT2D eigenvalue weighted by Gasteiger charge is -1.77. The van der Waals surface area contributed by atoms with Gasteiger partial charge < -0.3 is 11.5 Å². The van der Waals surface area contributed by atoms with Crippen molar-refractivity contribution in [1.82, 2.24) is 0 Å². The molecular formula is C6H16FN2O3P. The standard InChI is InChI=1S/2C3H7N.FH2O3P/c2*1-2-3-4;1-5(2,3)4/h2*2H,1,3-4H2;(H2,2,3,4). The van der Waals surface area contributed by atoms with Crippen molar-refractivity contribution in [3.05, 3.63) is 25.3 Å². The normalized spacial score (nSPS) is 8.38. The van der Waals surface area contributed by atoms with Crippen LogP contribution in [0.5, 0.6) is 0 Å². The molecule has 5 nitrogen and oxygen atoms in total. The van der Waals surface area contributed by atoms with Gasteiger partial charge in [0.25, 0.3) is 0 Å². The van der Waals surface area contributed by atoms with Crippen molar-refractivity contribution in [3.63, 3.8) is 0 Å². The van der Waals surface area contributed by atoms with E-state index in [1.54, 1.807) is 12.2 Å². The molecule has 0 fully saturated rings. The summed E-state index contributed by atoms with van der Waals surface area (Å²) in [5.74, 6) is 0. The summed E-state index contributed by atoms with van der Waals surface area (Å²) in [5, 5.41) is 0. The summed E-state index contributed by atoms with van der Waals surface area (Å²) in [6.07, 6.45) is 3.31. The molecule has 80 valence electrons. The highest BCUT2D eigenvalue weighted by Crippen LogP contribution is 2.34. The zero-order valence-corrected chi connectivity index (χ0v) is 8.16. The fourth-order valence-corrected chi connectivity index (χ4v) is 0. The van der Waals surface area contributed by atoms with E-state index < -0.39 is 7.91 Å². The molecule has 0 unspecified atom stereocenters. The number of hydrogen-bond donors (Lipinski definition) is 4. The number of nitrogens with two attached hydrogens (primary N) is 2. The van der Waals surface area contributed by atoms with E-state index in [1.165, 1.54) is 0 Å². The van der Waals surface area contributed by atoms with Crippen LogP contribution in [-0.2, 0) is 4.57 Å². The van der Waals surface area contributed by atoms with Crippen LogP contribution >= 0.6 is 7.91 Å². The minimum Gasteiger partial charge on any atom is -0.327 e. The van der Waals surface area contributed by atoms with E-state index in [0.29, 0.717) is 13.1 Å². The molecule has 0 spiro atoms. The Hall–Kier alpha value is -0.520. The highest BCUT2D eigenvalue weighted by Gasteiger charge is 2.04. The highest BCUT2D eigenvalue weighted by molar-refractivity contribution is 7.45. The molecule has 0 aliphatic carbocycles. The molecule has 0 amide bonds. The topological polar surface area (TPSA) is 110 Å². The van der Waals surface area contributed by atoms with Gasteiger partial charge in [0.2, 0.25) is 0 Å². The van der Waals surface area contributed by atoms with Crippen LogP contribution in [-0.4, -0.2) is 22.9 Å². The Bertz CT molecular complexity index is 144. The van der Waals surface area contributed by atoms with Gasteiger partial charge in [0.1, 0.15) is 0 Å². The first kappa shape index (κ1) is 18.3. The number of hydrogen-bond acceptors (Lipinski definition) is 3. The van der Waals surface area contributed by atoms with E-state index in [0.717, 1.165) is 0 Å². The van der Waals surface area contributed by atoms with E-state index in [2.05, 4.69) is 13.2 Å². The van der Waals surface area contributed by atoms with E-state index >= 15 is 0 Å². The molecule has 0 rings (SSSR count). The Balaban J connectivity index is -0.000000117. The van der Waals surface area contributed by atoms with Gasteiger partial charge in [0, 0.05) is 13.1 Å². The van der Waals surface area contributed by atoms with E-state index in [4.69, 9.17) is 25.8 Å². The largest absolute Gasteiger partial charge is 0.507 e. The predicted octanol–water partition coefficient (Wildman–Crippen LogP) is 0.311. The molecule has 6 N–H and O–H groups in total. The molecule has 0 aromatic heterocycles. The minimum atomic E-state index is -5.14. The second-order valence-electron chi connectivity index (χ2n) is 1.52. The Morgan fingerprint density at radius 3 is 1.31 bits per heavy atom. The maximum absolute atomic E-state index is 10.4. The van der Waals surface area contributed by atoms with Crippen LogP contribution in [0.4, 0.5) is 4.20 Å². The van der Waals surface area contributed by atoms with Gasteiger partial charge in [-0.3, -0.25) is 9.79 Å². The van der Waals surface area contributed by atoms with Gasteiger partial charge in [-0.2, -0.15) is 0 Å². The molecule has 0 aliphatic heterocycles. The Morgan fingerprint density at radius 1 is 1.23 bits per heavy atom. The van der Waals surface area contributed by atoms with Crippen molar-refractivity contribution >= 4 is 7.91 Å². The molecular weight excluding hydrogens is 198 g/mol. The van der Waals surface area contributed by atoms with Crippen LogP contribution in [0.1, 0.15) is 0 Å². The van der Waals surface area contributed by atoms with Gasteiger partial charge in [-0.25, -0.2) is 4.57 Å². The molecule has 0 radical (unpaired) electrons. The lowest BCUT2D eigenvalue weighted by Crippen LogP contribution is -1.90. The van der Waals surface area contributed by atoms with Gasteiger partial charge in [-0.05, 0) is 0 Å². The van der Waals surface area contributed by atoms with Gasteiger partial charge in [-0.1, -0.05) is 12.2 Å². The fourth-order valence-electron chi connectivity index (χ4n) is 0. The quantitative estimate of drug-likeness (QED) is 0.390. The van der Waals surface area contributed by atoms with Gasteiger partial charge in [0.15, 0.2) is 0 Å². The second-order valence-corrected chi connectivity index (χ2v) is 2.47. The Morgan fingerprint density at radius 2 is 1.31 bits per heavy atom. The molecule has 0 aromatic rings. The van der Waals surface area contributed by atoms with Crippen molar-refractivity contribution in [3.8, 4) is 0 Å². The van der Waals surface area contributed by atoms with E-state index in [1.807, 2.05) is 0 Å². The van der Waals surface area contributed by atoms with Crippen LogP contribution in [0.15, 0.2) is 25.3 Å². The third-order valence-corrected chi connectivity index (χ3v) is 0.333. The van der Waals surface area contributed by atoms with Gasteiger partial charge in [-0.15, -0.1) is 17.4 Å². The molecule has 13 heavy (non-hydrogen) atoms. The molecule has 0 heterocycles. The summed E-state index contributed by atoms with van der Waals surface area (Å²) in [4.78, 5) is 13.9. The second kappa shape index (κ2) is 14.0. The maximum Gasteiger partial charge on any atom is 0.507 e. The molecule has 7 heteroatoms. The van der Waals surface area contributed by atoms with Crippen molar-refractivity contribution in [1.29, 1.82) is 0 Å². The highest BCUT2D eigenvalue weighted by atomic mass is 31.2. The van der Waals surface area contributed by atoms with Crippen molar-refractivity contribution in [2.45, 2.75) is 0 Å².